The van der Waals surface area contributed by atoms with E-state index in [1.54, 1.807) is 22.2 Å². The molecular formula is C26H24N4O3S. The third-order valence-electron chi connectivity index (χ3n) is 6.67. The third-order valence-corrected chi connectivity index (χ3v) is 7.68. The highest BCUT2D eigenvalue weighted by atomic mass is 32.1. The molecule has 2 amide bonds. The number of anilines is 1. The summed E-state index contributed by atoms with van der Waals surface area (Å²) in [6.07, 6.45) is 5.97. The van der Waals surface area contributed by atoms with Gasteiger partial charge in [-0.05, 0) is 30.7 Å². The molecule has 0 aliphatic carbocycles. The number of hydrogen-bond acceptors (Lipinski definition) is 6. The topological polar surface area (TPSA) is 66.0 Å². The Morgan fingerprint density at radius 1 is 1.09 bits per heavy atom. The summed E-state index contributed by atoms with van der Waals surface area (Å²) in [5.41, 5.74) is 2.64. The molecule has 3 aliphatic heterocycles. The van der Waals surface area contributed by atoms with Crippen molar-refractivity contribution < 1.29 is 14.3 Å². The first-order chi connectivity index (χ1) is 16.6. The minimum atomic E-state index is -0.456. The minimum absolute atomic E-state index is 0.0586. The Morgan fingerprint density at radius 2 is 1.88 bits per heavy atom. The molecule has 2 aromatic carbocycles. The number of fused-ring (bicyclic) bond motifs is 2. The molecule has 4 heterocycles. The molecular weight excluding hydrogens is 448 g/mol. The van der Waals surface area contributed by atoms with E-state index in [4.69, 9.17) is 9.72 Å². The Hall–Kier alpha value is -3.65. The van der Waals surface area contributed by atoms with Crippen LogP contribution in [0.2, 0.25) is 0 Å². The lowest BCUT2D eigenvalue weighted by Crippen LogP contribution is -2.50. The van der Waals surface area contributed by atoms with Gasteiger partial charge in [0, 0.05) is 18.5 Å². The van der Waals surface area contributed by atoms with Crippen LogP contribution in [-0.2, 0) is 20.9 Å². The number of thiazole rings is 1. The summed E-state index contributed by atoms with van der Waals surface area (Å²) in [7, 11) is 0. The lowest BCUT2D eigenvalue weighted by Gasteiger charge is -2.37. The van der Waals surface area contributed by atoms with Gasteiger partial charge < -0.3 is 9.64 Å². The van der Waals surface area contributed by atoms with Gasteiger partial charge in [-0.3, -0.25) is 14.6 Å². The predicted molar refractivity (Wildman–Crippen MR) is 130 cm³/mol. The number of hydrogen-bond donors (Lipinski definition) is 0. The predicted octanol–water partition coefficient (Wildman–Crippen LogP) is 4.09. The van der Waals surface area contributed by atoms with Crippen LogP contribution in [0.3, 0.4) is 0 Å². The van der Waals surface area contributed by atoms with E-state index >= 15 is 0 Å². The van der Waals surface area contributed by atoms with E-state index < -0.39 is 5.92 Å². The fourth-order valence-electron chi connectivity index (χ4n) is 4.95. The second-order valence-corrected chi connectivity index (χ2v) is 9.81. The molecule has 1 fully saturated rings. The van der Waals surface area contributed by atoms with Crippen molar-refractivity contribution in [2.45, 2.75) is 32.0 Å². The van der Waals surface area contributed by atoms with Gasteiger partial charge in [-0.25, -0.2) is 4.98 Å². The van der Waals surface area contributed by atoms with Crippen LogP contribution < -0.4 is 5.01 Å². The minimum Gasteiger partial charge on any atom is -0.496 e. The zero-order valence-corrected chi connectivity index (χ0v) is 19.5. The average Bonchev–Trinajstić information content (AvgIpc) is 3.56. The summed E-state index contributed by atoms with van der Waals surface area (Å²) >= 11 is 1.49. The van der Waals surface area contributed by atoms with Gasteiger partial charge in [-0.1, -0.05) is 53.8 Å². The van der Waals surface area contributed by atoms with Crippen LogP contribution in [0, 0.1) is 5.92 Å². The fraction of sp³-hybridized carbons (Fsp3) is 0.269. The molecule has 34 heavy (non-hydrogen) atoms. The maximum absolute atomic E-state index is 13.9. The number of hydrazine groups is 1. The Kier molecular flexibility index (Phi) is 5.10. The molecule has 0 saturated carbocycles. The van der Waals surface area contributed by atoms with E-state index in [1.807, 2.05) is 72.6 Å². The van der Waals surface area contributed by atoms with Crippen molar-refractivity contribution in [1.82, 2.24) is 14.9 Å². The summed E-state index contributed by atoms with van der Waals surface area (Å²) in [6, 6.07) is 17.6. The smallest absolute Gasteiger partial charge is 0.259 e. The largest absolute Gasteiger partial charge is 0.496 e. The number of carbonyl (C=O) groups excluding carboxylic acids is 2. The van der Waals surface area contributed by atoms with Crippen molar-refractivity contribution >= 4 is 38.5 Å². The zero-order chi connectivity index (χ0) is 23.2. The first-order valence-electron chi connectivity index (χ1n) is 11.4. The normalized spacial score (nSPS) is 24.1. The molecule has 1 saturated heterocycles. The van der Waals surface area contributed by atoms with Crippen LogP contribution in [0.15, 0.2) is 78.7 Å². The number of para-hydroxylation sites is 1. The first kappa shape index (κ1) is 20.9. The maximum atomic E-state index is 13.9. The standard InChI is InChI=1S/C26H24N4O3S/c1-17-24-21(14-23(31)28(17)16-19-10-7-13-33-19)29(15-18-8-3-2-4-9-18)30(25(24)32)26-27-20-11-5-6-12-22(20)34-26/h2-9,11-14,17,19,24H,10,15-16H2,1H3. The number of rotatable bonds is 5. The lowest BCUT2D eigenvalue weighted by molar-refractivity contribution is -0.133. The highest BCUT2D eigenvalue weighted by molar-refractivity contribution is 7.22. The Labute approximate surface area is 201 Å². The summed E-state index contributed by atoms with van der Waals surface area (Å²) in [6.45, 7) is 2.89. The Bertz CT molecular complexity index is 1280. The average molecular weight is 473 g/mol. The molecule has 3 atom stereocenters. The molecule has 1 aromatic heterocycles. The van der Waals surface area contributed by atoms with Gasteiger partial charge >= 0.3 is 0 Å². The van der Waals surface area contributed by atoms with E-state index in [1.165, 1.54) is 11.3 Å². The van der Waals surface area contributed by atoms with Gasteiger partial charge in [-0.15, -0.1) is 0 Å². The van der Waals surface area contributed by atoms with Crippen LogP contribution in [-0.4, -0.2) is 45.4 Å². The van der Waals surface area contributed by atoms with Crippen molar-refractivity contribution in [3.8, 4) is 0 Å². The van der Waals surface area contributed by atoms with E-state index in [0.717, 1.165) is 27.9 Å². The number of nitrogens with zero attached hydrogens (tertiary/aromatic N) is 4. The van der Waals surface area contributed by atoms with Crippen molar-refractivity contribution in [2.24, 2.45) is 5.92 Å². The van der Waals surface area contributed by atoms with Crippen LogP contribution in [0.4, 0.5) is 5.13 Å². The second-order valence-electron chi connectivity index (χ2n) is 8.80. The van der Waals surface area contributed by atoms with E-state index in [0.29, 0.717) is 18.2 Å². The van der Waals surface area contributed by atoms with Gasteiger partial charge in [0.25, 0.3) is 5.91 Å². The molecule has 0 N–H and O–H groups in total. The van der Waals surface area contributed by atoms with Gasteiger partial charge in [0.15, 0.2) is 0 Å². The molecule has 0 spiro atoms. The molecule has 3 aromatic rings. The molecule has 0 radical (unpaired) electrons. The molecule has 172 valence electrons. The molecule has 3 aliphatic rings. The van der Waals surface area contributed by atoms with Crippen molar-refractivity contribution in [1.29, 1.82) is 0 Å². The molecule has 6 rings (SSSR count). The van der Waals surface area contributed by atoms with Crippen LogP contribution in [0.5, 0.6) is 0 Å². The van der Waals surface area contributed by atoms with Crippen LogP contribution in [0.1, 0.15) is 18.9 Å². The summed E-state index contributed by atoms with van der Waals surface area (Å²) in [5, 5.41) is 4.22. The molecule has 8 heteroatoms. The number of carbonyl (C=O) groups is 2. The highest BCUT2D eigenvalue weighted by Crippen LogP contribution is 2.42. The third kappa shape index (κ3) is 3.45. The van der Waals surface area contributed by atoms with Crippen molar-refractivity contribution in [3.63, 3.8) is 0 Å². The van der Waals surface area contributed by atoms with Gasteiger partial charge in [0.05, 0.1) is 35.3 Å². The molecule has 3 unspecified atom stereocenters. The summed E-state index contributed by atoms with van der Waals surface area (Å²) in [5.74, 6) is -0.606. The highest BCUT2D eigenvalue weighted by Gasteiger charge is 2.51. The van der Waals surface area contributed by atoms with Crippen molar-refractivity contribution in [3.05, 3.63) is 84.3 Å². The van der Waals surface area contributed by atoms with Gasteiger partial charge in [0.2, 0.25) is 11.0 Å². The van der Waals surface area contributed by atoms with Crippen LogP contribution >= 0.6 is 11.3 Å². The van der Waals surface area contributed by atoms with E-state index in [2.05, 4.69) is 0 Å². The lowest BCUT2D eigenvalue weighted by atomic mass is 9.91. The Balaban J connectivity index is 1.40. The Morgan fingerprint density at radius 3 is 2.65 bits per heavy atom. The first-order valence-corrected chi connectivity index (χ1v) is 12.3. The second kappa shape index (κ2) is 8.29. The summed E-state index contributed by atoms with van der Waals surface area (Å²) < 4.78 is 6.62. The molecule has 0 bridgehead atoms. The van der Waals surface area contributed by atoms with Gasteiger partial charge in [-0.2, -0.15) is 5.01 Å². The van der Waals surface area contributed by atoms with Gasteiger partial charge in [0.1, 0.15) is 12.0 Å². The summed E-state index contributed by atoms with van der Waals surface area (Å²) in [4.78, 5) is 33.7. The number of aromatic nitrogens is 1. The van der Waals surface area contributed by atoms with Crippen LogP contribution in [0.25, 0.3) is 10.2 Å². The maximum Gasteiger partial charge on any atom is 0.259 e. The number of ether oxygens (including phenoxy) is 1. The zero-order valence-electron chi connectivity index (χ0n) is 18.7. The monoisotopic (exact) mass is 472 g/mol. The molecule has 7 nitrogen and oxygen atoms in total. The van der Waals surface area contributed by atoms with E-state index in [-0.39, 0.29) is 24.0 Å². The van der Waals surface area contributed by atoms with E-state index in [9.17, 15) is 9.59 Å². The SMILES string of the molecule is CC1C2C(=O)N(c3nc4ccccc4s3)N(Cc3ccccc3)C2=CC(=O)N1CC1CC=CO1. The fourth-order valence-corrected chi connectivity index (χ4v) is 5.93. The number of amides is 2. The quantitative estimate of drug-likeness (QED) is 0.560. The number of benzene rings is 2. The van der Waals surface area contributed by atoms with Crippen molar-refractivity contribution in [2.75, 3.05) is 11.6 Å².